The average Bonchev–Trinajstić information content (AvgIpc) is 2.67. The second-order valence-corrected chi connectivity index (χ2v) is 6.88. The van der Waals surface area contributed by atoms with Gasteiger partial charge in [-0.25, -0.2) is 0 Å². The molecule has 146 valence electrons. The van der Waals surface area contributed by atoms with Crippen molar-refractivity contribution in [2.45, 2.75) is 38.8 Å². The van der Waals surface area contributed by atoms with Crippen LogP contribution < -0.4 is 21.4 Å². The summed E-state index contributed by atoms with van der Waals surface area (Å²) in [5.41, 5.74) is 15.4. The van der Waals surface area contributed by atoms with E-state index in [1.54, 1.807) is 12.1 Å². The standard InChI is InChI=1S/C20H24BN3O4/c1-12(25)16-7-3-5-14-8-18(21(27)28-20(14)16)24-19(26)9-13-4-2-6-15(10-22)17(13)11-23/h2-7,18,27H,8-11,22-23H2,1H3,(H,24,26)/t18-/m0/s1. The number of amides is 1. The molecule has 3 rings (SSSR count). The number of nitrogens with two attached hydrogens (primary N) is 2. The Kier molecular flexibility index (Phi) is 6.13. The summed E-state index contributed by atoms with van der Waals surface area (Å²) in [7, 11) is -1.23. The molecule has 0 aromatic heterocycles. The quantitative estimate of drug-likeness (QED) is 0.426. The third-order valence-electron chi connectivity index (χ3n) is 4.99. The summed E-state index contributed by atoms with van der Waals surface area (Å²) in [6.07, 6.45) is 0.500. The fraction of sp³-hybridized carbons (Fsp3) is 0.300. The van der Waals surface area contributed by atoms with Gasteiger partial charge in [0, 0.05) is 13.1 Å². The molecule has 1 atom stereocenters. The number of nitrogens with one attached hydrogen (secondary N) is 1. The van der Waals surface area contributed by atoms with Gasteiger partial charge in [-0.3, -0.25) is 9.59 Å². The van der Waals surface area contributed by atoms with Crippen LogP contribution in [0.15, 0.2) is 36.4 Å². The predicted octanol–water partition coefficient (Wildman–Crippen LogP) is 0.489. The summed E-state index contributed by atoms with van der Waals surface area (Å²) in [6.45, 7) is 2.10. The van der Waals surface area contributed by atoms with Crippen LogP contribution in [0.1, 0.15) is 39.5 Å². The topological polar surface area (TPSA) is 128 Å². The molecule has 1 aliphatic heterocycles. The fourth-order valence-electron chi connectivity index (χ4n) is 3.56. The van der Waals surface area contributed by atoms with Crippen LogP contribution in [0, 0.1) is 0 Å². The third-order valence-corrected chi connectivity index (χ3v) is 4.99. The molecule has 28 heavy (non-hydrogen) atoms. The smallest absolute Gasteiger partial charge is 0.534 e. The Morgan fingerprint density at radius 3 is 2.57 bits per heavy atom. The molecule has 8 heteroatoms. The van der Waals surface area contributed by atoms with Crippen LogP contribution in [-0.4, -0.2) is 29.8 Å². The van der Waals surface area contributed by atoms with E-state index in [0.29, 0.717) is 30.8 Å². The van der Waals surface area contributed by atoms with Crippen LogP contribution in [0.4, 0.5) is 0 Å². The van der Waals surface area contributed by atoms with Crippen molar-refractivity contribution in [3.05, 3.63) is 64.2 Å². The zero-order chi connectivity index (χ0) is 20.3. The van der Waals surface area contributed by atoms with E-state index in [2.05, 4.69) is 5.32 Å². The van der Waals surface area contributed by atoms with Crippen molar-refractivity contribution in [3.63, 3.8) is 0 Å². The van der Waals surface area contributed by atoms with Crippen molar-refractivity contribution < 1.29 is 19.3 Å². The van der Waals surface area contributed by atoms with Crippen molar-refractivity contribution >= 4 is 18.8 Å². The van der Waals surface area contributed by atoms with Gasteiger partial charge in [-0.2, -0.15) is 0 Å². The summed E-state index contributed by atoms with van der Waals surface area (Å²) < 4.78 is 5.55. The van der Waals surface area contributed by atoms with Gasteiger partial charge < -0.3 is 26.5 Å². The minimum absolute atomic E-state index is 0.129. The van der Waals surface area contributed by atoms with E-state index >= 15 is 0 Å². The Hall–Kier alpha value is -2.68. The first-order chi connectivity index (χ1) is 13.4. The van der Waals surface area contributed by atoms with Crippen LogP contribution in [0.2, 0.25) is 0 Å². The lowest BCUT2D eigenvalue weighted by atomic mass is 9.72. The molecule has 0 spiro atoms. The molecular weight excluding hydrogens is 357 g/mol. The van der Waals surface area contributed by atoms with E-state index < -0.39 is 13.1 Å². The lowest BCUT2D eigenvalue weighted by molar-refractivity contribution is -0.120. The Morgan fingerprint density at radius 1 is 1.18 bits per heavy atom. The van der Waals surface area contributed by atoms with Crippen molar-refractivity contribution in [1.82, 2.24) is 5.32 Å². The van der Waals surface area contributed by atoms with Gasteiger partial charge in [0.1, 0.15) is 5.75 Å². The van der Waals surface area contributed by atoms with Gasteiger partial charge in [0.15, 0.2) is 5.78 Å². The molecule has 7 nitrogen and oxygen atoms in total. The summed E-state index contributed by atoms with van der Waals surface area (Å²) in [5, 5.41) is 13.2. The van der Waals surface area contributed by atoms with Crippen LogP contribution >= 0.6 is 0 Å². The van der Waals surface area contributed by atoms with Crippen molar-refractivity contribution in [2.75, 3.05) is 0 Å². The number of carbonyl (C=O) groups is 2. The first-order valence-corrected chi connectivity index (χ1v) is 9.21. The van der Waals surface area contributed by atoms with Gasteiger partial charge in [0.05, 0.1) is 17.9 Å². The monoisotopic (exact) mass is 381 g/mol. The minimum atomic E-state index is -1.23. The number of hydrogen-bond acceptors (Lipinski definition) is 6. The summed E-state index contributed by atoms with van der Waals surface area (Å²) in [5.74, 6) is -0.612. The molecule has 0 saturated heterocycles. The molecule has 0 fully saturated rings. The summed E-state index contributed by atoms with van der Waals surface area (Å²) >= 11 is 0. The van der Waals surface area contributed by atoms with Crippen molar-refractivity contribution in [3.8, 4) is 5.75 Å². The number of hydrogen-bond donors (Lipinski definition) is 4. The molecule has 6 N–H and O–H groups in total. The van der Waals surface area contributed by atoms with Gasteiger partial charge in [-0.05, 0) is 41.7 Å². The highest BCUT2D eigenvalue weighted by Gasteiger charge is 2.37. The zero-order valence-corrected chi connectivity index (χ0v) is 15.8. The van der Waals surface area contributed by atoms with Gasteiger partial charge in [0.25, 0.3) is 0 Å². The Morgan fingerprint density at radius 2 is 1.89 bits per heavy atom. The zero-order valence-electron chi connectivity index (χ0n) is 15.8. The van der Waals surface area contributed by atoms with Crippen molar-refractivity contribution in [1.29, 1.82) is 0 Å². The lowest BCUT2D eigenvalue weighted by Crippen LogP contribution is -2.53. The molecule has 0 saturated carbocycles. The first kappa shape index (κ1) is 20.1. The molecular formula is C20H24BN3O4. The van der Waals surface area contributed by atoms with Gasteiger partial charge in [0.2, 0.25) is 5.91 Å². The summed E-state index contributed by atoms with van der Waals surface area (Å²) in [4.78, 5) is 24.3. The number of fused-ring (bicyclic) bond motifs is 1. The number of benzene rings is 2. The number of para-hydroxylation sites is 1. The Bertz CT molecular complexity index is 903. The van der Waals surface area contributed by atoms with E-state index in [1.165, 1.54) is 6.92 Å². The largest absolute Gasteiger partial charge is 0.547 e. The van der Waals surface area contributed by atoms with Crippen molar-refractivity contribution in [2.24, 2.45) is 11.5 Å². The molecule has 1 heterocycles. The van der Waals surface area contributed by atoms with Crippen LogP contribution in [-0.2, 0) is 30.7 Å². The average molecular weight is 381 g/mol. The molecule has 2 aromatic rings. The van der Waals surface area contributed by atoms with Crippen LogP contribution in [0.25, 0.3) is 0 Å². The van der Waals surface area contributed by atoms with E-state index in [-0.39, 0.29) is 18.1 Å². The molecule has 1 amide bonds. The number of rotatable bonds is 6. The fourth-order valence-corrected chi connectivity index (χ4v) is 3.56. The first-order valence-electron chi connectivity index (χ1n) is 9.21. The second-order valence-electron chi connectivity index (χ2n) is 6.88. The van der Waals surface area contributed by atoms with E-state index in [9.17, 15) is 14.6 Å². The number of ketones is 1. The molecule has 0 unspecified atom stereocenters. The highest BCUT2D eigenvalue weighted by Crippen LogP contribution is 2.30. The molecule has 2 aromatic carbocycles. The van der Waals surface area contributed by atoms with E-state index in [0.717, 1.165) is 22.3 Å². The van der Waals surface area contributed by atoms with E-state index in [4.69, 9.17) is 16.1 Å². The molecule has 1 aliphatic rings. The summed E-state index contributed by atoms with van der Waals surface area (Å²) in [6, 6.07) is 10.8. The van der Waals surface area contributed by atoms with Gasteiger partial charge in [-0.1, -0.05) is 30.3 Å². The maximum atomic E-state index is 12.6. The second kappa shape index (κ2) is 8.56. The Balaban J connectivity index is 1.74. The highest BCUT2D eigenvalue weighted by atomic mass is 16.5. The van der Waals surface area contributed by atoms with Crippen LogP contribution in [0.5, 0.6) is 5.75 Å². The normalized spacial score (nSPS) is 15.6. The SMILES string of the molecule is CC(=O)c1cccc2c1OB(O)[C@@H](NC(=O)Cc1cccc(CN)c1CN)C2. The van der Waals surface area contributed by atoms with E-state index in [1.807, 2.05) is 24.3 Å². The maximum absolute atomic E-state index is 12.6. The van der Waals surface area contributed by atoms with Crippen LogP contribution in [0.3, 0.4) is 0 Å². The van der Waals surface area contributed by atoms with Gasteiger partial charge in [-0.15, -0.1) is 0 Å². The molecule has 0 bridgehead atoms. The molecule has 0 aliphatic carbocycles. The maximum Gasteiger partial charge on any atom is 0.547 e. The Labute approximate surface area is 164 Å². The van der Waals surface area contributed by atoms with Gasteiger partial charge >= 0.3 is 7.12 Å². The highest BCUT2D eigenvalue weighted by molar-refractivity contribution is 6.47. The predicted molar refractivity (Wildman–Crippen MR) is 107 cm³/mol. The number of carbonyl (C=O) groups excluding carboxylic acids is 2. The third kappa shape index (κ3) is 4.09. The number of Topliss-reactive ketones (excluding diaryl/α,β-unsaturated/α-hetero) is 1. The minimum Gasteiger partial charge on any atom is -0.534 e. The molecule has 0 radical (unpaired) electrons. The lowest BCUT2D eigenvalue weighted by Gasteiger charge is -2.29.